The minimum atomic E-state index is -0.177. The number of hydrogen-bond acceptors (Lipinski definition) is 3. The lowest BCUT2D eigenvalue weighted by Crippen LogP contribution is -2.37. The van der Waals surface area contributed by atoms with Crippen LogP contribution in [0.4, 0.5) is 0 Å². The molecule has 0 aliphatic carbocycles. The molecule has 1 rings (SSSR count). The Hall–Kier alpha value is -0.770. The average molecular weight is 272 g/mol. The standard InChI is InChI=1S/C14H22ClNO2/c1-5-18-14(2,3)10-16-9-11-12(15)7-6-8-13(11)17-4/h6-8,16H,5,9-10H2,1-4H3. The van der Waals surface area contributed by atoms with E-state index in [-0.39, 0.29) is 5.60 Å². The summed E-state index contributed by atoms with van der Waals surface area (Å²) in [5.74, 6) is 0.809. The van der Waals surface area contributed by atoms with Gasteiger partial charge in [-0.2, -0.15) is 0 Å². The topological polar surface area (TPSA) is 30.5 Å². The van der Waals surface area contributed by atoms with E-state index in [4.69, 9.17) is 21.1 Å². The van der Waals surface area contributed by atoms with Crippen LogP contribution < -0.4 is 10.1 Å². The van der Waals surface area contributed by atoms with Crippen molar-refractivity contribution < 1.29 is 9.47 Å². The molecule has 1 aromatic rings. The molecule has 0 saturated carbocycles. The normalized spacial score (nSPS) is 11.6. The second-order valence-corrected chi connectivity index (χ2v) is 5.12. The zero-order chi connectivity index (χ0) is 13.6. The molecule has 0 aromatic heterocycles. The third-order valence-corrected chi connectivity index (χ3v) is 3.04. The van der Waals surface area contributed by atoms with Gasteiger partial charge in [-0.05, 0) is 32.9 Å². The fourth-order valence-electron chi connectivity index (χ4n) is 1.83. The van der Waals surface area contributed by atoms with Crippen molar-refractivity contribution in [2.45, 2.75) is 32.9 Å². The molecule has 0 amide bonds. The molecule has 0 aliphatic rings. The van der Waals surface area contributed by atoms with Crippen LogP contribution in [0.5, 0.6) is 5.75 Å². The highest BCUT2D eigenvalue weighted by molar-refractivity contribution is 6.31. The minimum Gasteiger partial charge on any atom is -0.496 e. The third-order valence-electron chi connectivity index (χ3n) is 2.68. The van der Waals surface area contributed by atoms with Crippen LogP contribution in [0.3, 0.4) is 0 Å². The van der Waals surface area contributed by atoms with Gasteiger partial charge < -0.3 is 14.8 Å². The summed E-state index contributed by atoms with van der Waals surface area (Å²) in [5, 5.41) is 4.07. The molecule has 102 valence electrons. The average Bonchev–Trinajstić information content (AvgIpc) is 2.30. The lowest BCUT2D eigenvalue weighted by molar-refractivity contribution is -0.00900. The number of nitrogens with one attached hydrogen (secondary N) is 1. The fourth-order valence-corrected chi connectivity index (χ4v) is 2.06. The summed E-state index contributed by atoms with van der Waals surface area (Å²) < 4.78 is 10.9. The van der Waals surface area contributed by atoms with Gasteiger partial charge in [0.25, 0.3) is 0 Å². The van der Waals surface area contributed by atoms with Gasteiger partial charge in [0.1, 0.15) is 5.75 Å². The summed E-state index contributed by atoms with van der Waals surface area (Å²) in [4.78, 5) is 0. The van der Waals surface area contributed by atoms with Crippen molar-refractivity contribution in [2.75, 3.05) is 20.3 Å². The quantitative estimate of drug-likeness (QED) is 0.826. The Kier molecular flexibility index (Phi) is 5.93. The van der Waals surface area contributed by atoms with Gasteiger partial charge in [0, 0.05) is 30.3 Å². The SMILES string of the molecule is CCOC(C)(C)CNCc1c(Cl)cccc1OC. The molecule has 0 atom stereocenters. The van der Waals surface area contributed by atoms with Crippen LogP contribution in [-0.2, 0) is 11.3 Å². The lowest BCUT2D eigenvalue weighted by Gasteiger charge is -2.25. The molecule has 0 bridgehead atoms. The molecule has 18 heavy (non-hydrogen) atoms. The molecular weight excluding hydrogens is 250 g/mol. The van der Waals surface area contributed by atoms with Crippen molar-refractivity contribution in [2.24, 2.45) is 0 Å². The smallest absolute Gasteiger partial charge is 0.124 e. The van der Waals surface area contributed by atoms with E-state index < -0.39 is 0 Å². The summed E-state index contributed by atoms with van der Waals surface area (Å²) >= 11 is 6.17. The first kappa shape index (κ1) is 15.3. The van der Waals surface area contributed by atoms with E-state index in [1.54, 1.807) is 7.11 Å². The van der Waals surface area contributed by atoms with Crippen molar-refractivity contribution >= 4 is 11.6 Å². The number of ether oxygens (including phenoxy) is 2. The van der Waals surface area contributed by atoms with E-state index in [0.29, 0.717) is 13.2 Å². The zero-order valence-corrected chi connectivity index (χ0v) is 12.3. The van der Waals surface area contributed by atoms with Crippen LogP contribution in [0, 0.1) is 0 Å². The molecule has 4 heteroatoms. The predicted molar refractivity (Wildman–Crippen MR) is 75.4 cm³/mol. The summed E-state index contributed by atoms with van der Waals surface area (Å²) in [5.41, 5.74) is 0.803. The van der Waals surface area contributed by atoms with Crippen molar-refractivity contribution in [1.82, 2.24) is 5.32 Å². The maximum Gasteiger partial charge on any atom is 0.124 e. The summed E-state index contributed by atoms with van der Waals surface area (Å²) in [6.45, 7) is 8.26. The van der Waals surface area contributed by atoms with Crippen LogP contribution in [0.1, 0.15) is 26.3 Å². The highest BCUT2D eigenvalue weighted by atomic mass is 35.5. The monoisotopic (exact) mass is 271 g/mol. The Morgan fingerprint density at radius 2 is 2.06 bits per heavy atom. The van der Waals surface area contributed by atoms with Gasteiger partial charge in [-0.1, -0.05) is 17.7 Å². The van der Waals surface area contributed by atoms with Gasteiger partial charge in [0.15, 0.2) is 0 Å². The van der Waals surface area contributed by atoms with E-state index in [0.717, 1.165) is 22.9 Å². The Labute approximate surface area is 114 Å². The van der Waals surface area contributed by atoms with Crippen LogP contribution in [-0.4, -0.2) is 25.9 Å². The largest absolute Gasteiger partial charge is 0.496 e. The van der Waals surface area contributed by atoms with Gasteiger partial charge in [-0.25, -0.2) is 0 Å². The minimum absolute atomic E-state index is 0.177. The maximum absolute atomic E-state index is 6.17. The maximum atomic E-state index is 6.17. The Balaban J connectivity index is 2.59. The predicted octanol–water partition coefficient (Wildman–Crippen LogP) is 3.25. The van der Waals surface area contributed by atoms with Crippen molar-refractivity contribution in [1.29, 1.82) is 0 Å². The van der Waals surface area contributed by atoms with E-state index in [1.165, 1.54) is 0 Å². The molecule has 0 heterocycles. The highest BCUT2D eigenvalue weighted by Crippen LogP contribution is 2.26. The number of benzene rings is 1. The molecule has 0 saturated heterocycles. The molecule has 0 aliphatic heterocycles. The van der Waals surface area contributed by atoms with Crippen LogP contribution >= 0.6 is 11.6 Å². The van der Waals surface area contributed by atoms with E-state index in [2.05, 4.69) is 19.2 Å². The molecule has 0 unspecified atom stereocenters. The zero-order valence-electron chi connectivity index (χ0n) is 11.5. The fraction of sp³-hybridized carbons (Fsp3) is 0.571. The van der Waals surface area contributed by atoms with Gasteiger partial charge in [-0.3, -0.25) is 0 Å². The first-order valence-corrected chi connectivity index (χ1v) is 6.54. The van der Waals surface area contributed by atoms with E-state index in [9.17, 15) is 0 Å². The summed E-state index contributed by atoms with van der Waals surface area (Å²) in [7, 11) is 1.65. The van der Waals surface area contributed by atoms with E-state index in [1.807, 2.05) is 25.1 Å². The Morgan fingerprint density at radius 1 is 1.33 bits per heavy atom. The summed E-state index contributed by atoms with van der Waals surface area (Å²) in [6.07, 6.45) is 0. The molecule has 0 fully saturated rings. The second kappa shape index (κ2) is 6.98. The summed E-state index contributed by atoms with van der Waals surface area (Å²) in [6, 6.07) is 5.67. The Bertz CT molecular complexity index is 380. The van der Waals surface area contributed by atoms with Gasteiger partial charge >= 0.3 is 0 Å². The van der Waals surface area contributed by atoms with Crippen LogP contribution in [0.15, 0.2) is 18.2 Å². The van der Waals surface area contributed by atoms with Crippen molar-refractivity contribution in [3.05, 3.63) is 28.8 Å². The van der Waals surface area contributed by atoms with Crippen molar-refractivity contribution in [3.8, 4) is 5.75 Å². The van der Waals surface area contributed by atoms with Gasteiger partial charge in [0.05, 0.1) is 12.7 Å². The third kappa shape index (κ3) is 4.48. The number of hydrogen-bond donors (Lipinski definition) is 1. The second-order valence-electron chi connectivity index (χ2n) is 4.72. The van der Waals surface area contributed by atoms with Crippen LogP contribution in [0.2, 0.25) is 5.02 Å². The van der Waals surface area contributed by atoms with Gasteiger partial charge in [-0.15, -0.1) is 0 Å². The van der Waals surface area contributed by atoms with E-state index >= 15 is 0 Å². The van der Waals surface area contributed by atoms with Crippen LogP contribution in [0.25, 0.3) is 0 Å². The first-order valence-electron chi connectivity index (χ1n) is 6.16. The molecule has 3 nitrogen and oxygen atoms in total. The number of halogens is 1. The molecule has 1 N–H and O–H groups in total. The number of rotatable bonds is 7. The van der Waals surface area contributed by atoms with Gasteiger partial charge in [0.2, 0.25) is 0 Å². The highest BCUT2D eigenvalue weighted by Gasteiger charge is 2.17. The molecule has 0 spiro atoms. The molecular formula is C14H22ClNO2. The first-order chi connectivity index (χ1) is 8.50. The molecule has 1 aromatic carbocycles. The molecule has 0 radical (unpaired) electrons. The Morgan fingerprint density at radius 3 is 2.67 bits per heavy atom. The lowest BCUT2D eigenvalue weighted by atomic mass is 10.1. The number of methoxy groups -OCH3 is 1. The van der Waals surface area contributed by atoms with Crippen molar-refractivity contribution in [3.63, 3.8) is 0 Å².